The number of rotatable bonds is 4. The molecule has 3 amide bonds. The number of fused-ring (bicyclic) bond motifs is 4. The van der Waals surface area contributed by atoms with E-state index >= 15 is 0 Å². The predicted octanol–water partition coefficient (Wildman–Crippen LogP) is 1.83. The van der Waals surface area contributed by atoms with E-state index in [0.717, 1.165) is 24.0 Å². The maximum atomic E-state index is 13.7. The number of benzene rings is 2. The van der Waals surface area contributed by atoms with Crippen LogP contribution in [0.1, 0.15) is 24.0 Å². The van der Waals surface area contributed by atoms with E-state index in [0.29, 0.717) is 18.7 Å². The van der Waals surface area contributed by atoms with Crippen LogP contribution >= 0.6 is 0 Å². The van der Waals surface area contributed by atoms with Crippen molar-refractivity contribution >= 4 is 23.4 Å². The highest BCUT2D eigenvalue weighted by atomic mass is 16.5. The van der Waals surface area contributed by atoms with E-state index in [1.807, 2.05) is 54.6 Å². The van der Waals surface area contributed by atoms with Crippen LogP contribution in [0.25, 0.3) is 0 Å². The standard InChI is InChI=1S/C25H25N3O4/c29-22-20-19(13-15-7-2-1-3-8-15)27-25(17-10-4-5-11-18(17)26-24(25)31)21(20)23(30)28(22)14-16-9-6-12-32-16/h1-5,7-8,10-11,16,19-21,27H,6,9,12-14H2,(H,26,31)/t16-,19-,20+,21-,25-/m0/s1. The third-order valence-corrected chi connectivity index (χ3v) is 7.42. The minimum Gasteiger partial charge on any atom is -0.376 e. The summed E-state index contributed by atoms with van der Waals surface area (Å²) in [6.45, 7) is 0.924. The first kappa shape index (κ1) is 19.6. The first-order valence-electron chi connectivity index (χ1n) is 11.3. The van der Waals surface area contributed by atoms with Gasteiger partial charge in [-0.15, -0.1) is 0 Å². The van der Waals surface area contributed by atoms with E-state index in [1.165, 1.54) is 4.90 Å². The molecule has 0 bridgehead atoms. The molecule has 0 radical (unpaired) electrons. The minimum atomic E-state index is -1.24. The normalized spacial score (nSPS) is 33.1. The predicted molar refractivity (Wildman–Crippen MR) is 116 cm³/mol. The van der Waals surface area contributed by atoms with Gasteiger partial charge < -0.3 is 10.1 Å². The molecule has 0 aromatic heterocycles. The smallest absolute Gasteiger partial charge is 0.250 e. The van der Waals surface area contributed by atoms with E-state index in [2.05, 4.69) is 10.6 Å². The number of anilines is 1. The van der Waals surface area contributed by atoms with Crippen molar-refractivity contribution in [2.75, 3.05) is 18.5 Å². The average Bonchev–Trinajstić information content (AvgIpc) is 3.54. The molecule has 164 valence electrons. The molecule has 2 aromatic rings. The van der Waals surface area contributed by atoms with Gasteiger partial charge in [0.15, 0.2) is 0 Å². The number of nitrogens with zero attached hydrogens (tertiary/aromatic N) is 1. The van der Waals surface area contributed by atoms with Gasteiger partial charge in [-0.2, -0.15) is 0 Å². The monoisotopic (exact) mass is 431 g/mol. The van der Waals surface area contributed by atoms with E-state index < -0.39 is 17.4 Å². The Morgan fingerprint density at radius 1 is 1.00 bits per heavy atom. The van der Waals surface area contributed by atoms with Crippen molar-refractivity contribution in [1.29, 1.82) is 0 Å². The second-order valence-electron chi connectivity index (χ2n) is 9.17. The molecule has 2 N–H and O–H groups in total. The van der Waals surface area contributed by atoms with Gasteiger partial charge in [0.25, 0.3) is 0 Å². The van der Waals surface area contributed by atoms with Crippen molar-refractivity contribution in [3.05, 3.63) is 65.7 Å². The maximum Gasteiger partial charge on any atom is 0.250 e. The van der Waals surface area contributed by atoms with Gasteiger partial charge in [0.05, 0.1) is 24.5 Å². The van der Waals surface area contributed by atoms with Crippen molar-refractivity contribution in [3.8, 4) is 0 Å². The van der Waals surface area contributed by atoms with Crippen LogP contribution in [0, 0.1) is 11.8 Å². The van der Waals surface area contributed by atoms with E-state index in [1.54, 1.807) is 0 Å². The highest BCUT2D eigenvalue weighted by Gasteiger charge is 2.70. The molecular formula is C25H25N3O4. The third kappa shape index (κ3) is 2.71. The van der Waals surface area contributed by atoms with Crippen molar-refractivity contribution < 1.29 is 19.1 Å². The highest BCUT2D eigenvalue weighted by Crippen LogP contribution is 2.53. The van der Waals surface area contributed by atoms with E-state index in [4.69, 9.17) is 4.74 Å². The largest absolute Gasteiger partial charge is 0.376 e. The Kier molecular flexibility index (Phi) is 4.45. The molecule has 3 saturated heterocycles. The molecule has 4 aliphatic heterocycles. The Hall–Kier alpha value is -3.03. The van der Waals surface area contributed by atoms with Gasteiger partial charge in [0.2, 0.25) is 17.7 Å². The molecule has 0 aliphatic carbocycles. The van der Waals surface area contributed by atoms with Gasteiger partial charge in [0, 0.05) is 23.9 Å². The first-order valence-corrected chi connectivity index (χ1v) is 11.3. The molecule has 5 atom stereocenters. The van der Waals surface area contributed by atoms with Crippen molar-refractivity contribution in [3.63, 3.8) is 0 Å². The van der Waals surface area contributed by atoms with Gasteiger partial charge in [0.1, 0.15) is 5.54 Å². The van der Waals surface area contributed by atoms with Crippen molar-refractivity contribution in [1.82, 2.24) is 10.2 Å². The number of carbonyl (C=O) groups excluding carboxylic acids is 3. The summed E-state index contributed by atoms with van der Waals surface area (Å²) in [5.41, 5.74) is 1.27. The molecule has 4 aliphatic rings. The summed E-state index contributed by atoms with van der Waals surface area (Å²) in [5.74, 6) is -2.09. The number of imide groups is 1. The number of hydrogen-bond acceptors (Lipinski definition) is 5. The number of para-hydroxylation sites is 1. The fourth-order valence-corrected chi connectivity index (χ4v) is 6.03. The lowest BCUT2D eigenvalue weighted by molar-refractivity contribution is -0.144. The van der Waals surface area contributed by atoms with Crippen LogP contribution in [0.4, 0.5) is 5.69 Å². The molecule has 0 unspecified atom stereocenters. The molecule has 32 heavy (non-hydrogen) atoms. The van der Waals surface area contributed by atoms with Gasteiger partial charge in [-0.1, -0.05) is 48.5 Å². The summed E-state index contributed by atoms with van der Waals surface area (Å²) in [6.07, 6.45) is 2.22. The molecule has 4 heterocycles. The SMILES string of the molecule is O=C1[C@@H]2[C@H](Cc3ccccc3)N[C@]3(C(=O)Nc4ccccc43)[C@@H]2C(=O)N1C[C@@H]1CCCO1. The second-order valence-corrected chi connectivity index (χ2v) is 9.17. The molecule has 0 saturated carbocycles. The Balaban J connectivity index is 1.43. The lowest BCUT2D eigenvalue weighted by Gasteiger charge is -2.30. The molecular weight excluding hydrogens is 406 g/mol. The summed E-state index contributed by atoms with van der Waals surface area (Å²) >= 11 is 0. The molecule has 6 rings (SSSR count). The lowest BCUT2D eigenvalue weighted by atomic mass is 9.76. The number of hydrogen-bond donors (Lipinski definition) is 2. The van der Waals surface area contributed by atoms with Crippen LogP contribution in [0.5, 0.6) is 0 Å². The summed E-state index contributed by atoms with van der Waals surface area (Å²) in [4.78, 5) is 42.1. The molecule has 2 aromatic carbocycles. The fraction of sp³-hybridized carbons (Fsp3) is 0.400. The zero-order valence-corrected chi connectivity index (χ0v) is 17.6. The average molecular weight is 431 g/mol. The van der Waals surface area contributed by atoms with E-state index in [-0.39, 0.29) is 36.4 Å². The van der Waals surface area contributed by atoms with Gasteiger partial charge in [-0.3, -0.25) is 24.6 Å². The van der Waals surface area contributed by atoms with Crippen LogP contribution in [0.2, 0.25) is 0 Å². The fourth-order valence-electron chi connectivity index (χ4n) is 6.03. The molecule has 3 fully saturated rings. The summed E-state index contributed by atoms with van der Waals surface area (Å²) in [6, 6.07) is 17.0. The first-order chi connectivity index (χ1) is 15.6. The quantitative estimate of drug-likeness (QED) is 0.722. The number of amides is 3. The van der Waals surface area contributed by atoms with Gasteiger partial charge in [-0.25, -0.2) is 0 Å². The summed E-state index contributed by atoms with van der Waals surface area (Å²) < 4.78 is 5.71. The number of nitrogens with one attached hydrogen (secondary N) is 2. The number of likely N-dealkylation sites (tertiary alicyclic amines) is 1. The van der Waals surface area contributed by atoms with Crippen LogP contribution in [-0.2, 0) is 31.1 Å². The Morgan fingerprint density at radius 3 is 2.56 bits per heavy atom. The third-order valence-electron chi connectivity index (χ3n) is 7.42. The van der Waals surface area contributed by atoms with Gasteiger partial charge in [-0.05, 0) is 30.9 Å². The zero-order chi connectivity index (χ0) is 21.9. The molecule has 7 heteroatoms. The van der Waals surface area contributed by atoms with Crippen LogP contribution in [0.15, 0.2) is 54.6 Å². The Bertz CT molecular complexity index is 1100. The second kappa shape index (κ2) is 7.25. The van der Waals surface area contributed by atoms with Gasteiger partial charge >= 0.3 is 0 Å². The van der Waals surface area contributed by atoms with Crippen molar-refractivity contribution in [2.45, 2.75) is 36.9 Å². The number of ether oxygens (including phenoxy) is 1. The minimum absolute atomic E-state index is 0.122. The molecule has 7 nitrogen and oxygen atoms in total. The highest BCUT2D eigenvalue weighted by molar-refractivity contribution is 6.15. The zero-order valence-electron chi connectivity index (χ0n) is 17.6. The topological polar surface area (TPSA) is 87.7 Å². The summed E-state index contributed by atoms with van der Waals surface area (Å²) in [5, 5.41) is 6.43. The van der Waals surface area contributed by atoms with Crippen molar-refractivity contribution in [2.24, 2.45) is 11.8 Å². The van der Waals surface area contributed by atoms with Crippen LogP contribution in [0.3, 0.4) is 0 Å². The summed E-state index contributed by atoms with van der Waals surface area (Å²) in [7, 11) is 0. The van der Waals surface area contributed by atoms with Crippen LogP contribution in [-0.4, -0.2) is 47.9 Å². The Morgan fingerprint density at radius 2 is 1.78 bits per heavy atom. The van der Waals surface area contributed by atoms with Crippen LogP contribution < -0.4 is 10.6 Å². The molecule has 1 spiro atoms. The Labute approximate surface area is 186 Å². The maximum absolute atomic E-state index is 13.7. The number of carbonyl (C=O) groups is 3. The van der Waals surface area contributed by atoms with E-state index in [9.17, 15) is 14.4 Å². The lowest BCUT2D eigenvalue weighted by Crippen LogP contribution is -2.54.